The van der Waals surface area contributed by atoms with E-state index in [1.165, 1.54) is 5.56 Å². The third kappa shape index (κ3) is 3.71. The molecule has 0 radical (unpaired) electrons. The number of pyridine rings is 1. The number of carbonyl (C=O) groups excluding carboxylic acids is 1. The molecule has 118 valence electrons. The topological polar surface area (TPSA) is 49.0 Å². The second-order valence-electron chi connectivity index (χ2n) is 5.60. The Morgan fingerprint density at radius 2 is 2.04 bits per heavy atom. The summed E-state index contributed by atoms with van der Waals surface area (Å²) in [5.74, 6) is 0.106. The molecule has 2 heterocycles. The molecule has 0 aliphatic rings. The van der Waals surface area contributed by atoms with E-state index in [-0.39, 0.29) is 5.91 Å². The van der Waals surface area contributed by atoms with Crippen molar-refractivity contribution in [1.29, 1.82) is 0 Å². The maximum atomic E-state index is 12.4. The van der Waals surface area contributed by atoms with Gasteiger partial charge in [0.05, 0.1) is 6.42 Å². The second-order valence-corrected chi connectivity index (χ2v) is 6.04. The van der Waals surface area contributed by atoms with Crippen molar-refractivity contribution in [2.75, 3.05) is 13.6 Å². The van der Waals surface area contributed by atoms with Crippen LogP contribution in [-0.2, 0) is 17.6 Å². The molecular weight excluding hydrogens is 310 g/mol. The van der Waals surface area contributed by atoms with E-state index in [1.54, 1.807) is 17.3 Å². The van der Waals surface area contributed by atoms with Gasteiger partial charge in [-0.25, -0.2) is 0 Å². The molecule has 1 aromatic carbocycles. The van der Waals surface area contributed by atoms with Crippen molar-refractivity contribution in [2.45, 2.75) is 12.8 Å². The number of amides is 1. The number of halogens is 1. The van der Waals surface area contributed by atoms with Crippen LogP contribution in [0.2, 0.25) is 5.02 Å². The summed E-state index contributed by atoms with van der Waals surface area (Å²) in [5, 5.41) is 1.73. The molecule has 3 aromatic rings. The fourth-order valence-electron chi connectivity index (χ4n) is 2.57. The summed E-state index contributed by atoms with van der Waals surface area (Å²) < 4.78 is 0. The number of carbonyl (C=O) groups is 1. The summed E-state index contributed by atoms with van der Waals surface area (Å²) in [6.07, 6.45) is 6.64. The molecule has 0 unspecified atom stereocenters. The maximum absolute atomic E-state index is 12.4. The van der Waals surface area contributed by atoms with Crippen LogP contribution in [0.4, 0.5) is 0 Å². The van der Waals surface area contributed by atoms with Crippen LogP contribution >= 0.6 is 11.6 Å². The summed E-state index contributed by atoms with van der Waals surface area (Å²) in [6, 6.07) is 9.62. The van der Waals surface area contributed by atoms with Gasteiger partial charge in [-0.1, -0.05) is 17.7 Å². The lowest BCUT2D eigenvalue weighted by Crippen LogP contribution is -2.30. The lowest BCUT2D eigenvalue weighted by atomic mass is 10.1. The number of nitrogens with zero attached hydrogens (tertiary/aromatic N) is 2. The van der Waals surface area contributed by atoms with E-state index in [0.717, 1.165) is 22.9 Å². The number of likely N-dealkylation sites (N-methyl/N-ethyl adjacent to an activating group) is 1. The van der Waals surface area contributed by atoms with Gasteiger partial charge in [-0.05, 0) is 41.8 Å². The van der Waals surface area contributed by atoms with Gasteiger partial charge in [0, 0.05) is 48.1 Å². The van der Waals surface area contributed by atoms with Gasteiger partial charge in [0.25, 0.3) is 0 Å². The van der Waals surface area contributed by atoms with Crippen LogP contribution < -0.4 is 0 Å². The predicted octanol–water partition coefficient (Wildman–Crippen LogP) is 3.46. The summed E-state index contributed by atoms with van der Waals surface area (Å²) in [6.45, 7) is 0.691. The van der Waals surface area contributed by atoms with E-state index in [9.17, 15) is 4.79 Å². The quantitative estimate of drug-likeness (QED) is 0.780. The lowest BCUT2D eigenvalue weighted by Gasteiger charge is -2.17. The molecule has 0 bridgehead atoms. The van der Waals surface area contributed by atoms with E-state index in [0.29, 0.717) is 18.0 Å². The molecule has 1 N–H and O–H groups in total. The van der Waals surface area contributed by atoms with Crippen LogP contribution in [0.1, 0.15) is 11.1 Å². The van der Waals surface area contributed by atoms with Gasteiger partial charge in [0.15, 0.2) is 0 Å². The Hall–Kier alpha value is -2.33. The molecule has 0 aliphatic heterocycles. The summed E-state index contributed by atoms with van der Waals surface area (Å²) in [5.41, 5.74) is 3.14. The normalized spacial score (nSPS) is 10.9. The average molecular weight is 328 g/mol. The molecule has 3 rings (SSSR count). The Kier molecular flexibility index (Phi) is 4.63. The molecule has 4 nitrogen and oxygen atoms in total. The minimum atomic E-state index is 0.106. The van der Waals surface area contributed by atoms with Crippen LogP contribution in [0.3, 0.4) is 0 Å². The highest BCUT2D eigenvalue weighted by molar-refractivity contribution is 6.31. The first kappa shape index (κ1) is 15.6. The van der Waals surface area contributed by atoms with Crippen molar-refractivity contribution in [3.05, 3.63) is 65.1 Å². The van der Waals surface area contributed by atoms with Gasteiger partial charge in [-0.3, -0.25) is 9.78 Å². The van der Waals surface area contributed by atoms with Crippen LogP contribution in [-0.4, -0.2) is 34.4 Å². The van der Waals surface area contributed by atoms with E-state index in [1.807, 2.05) is 43.6 Å². The monoisotopic (exact) mass is 327 g/mol. The molecule has 1 amide bonds. The number of benzene rings is 1. The van der Waals surface area contributed by atoms with Gasteiger partial charge in [0.1, 0.15) is 0 Å². The summed E-state index contributed by atoms with van der Waals surface area (Å²) in [4.78, 5) is 21.4. The van der Waals surface area contributed by atoms with E-state index in [2.05, 4.69) is 9.97 Å². The van der Waals surface area contributed by atoms with Gasteiger partial charge < -0.3 is 9.88 Å². The van der Waals surface area contributed by atoms with Crippen LogP contribution in [0.15, 0.2) is 48.9 Å². The van der Waals surface area contributed by atoms with Crippen LogP contribution in [0, 0.1) is 0 Å². The van der Waals surface area contributed by atoms with Crippen LogP contribution in [0.25, 0.3) is 10.9 Å². The number of rotatable bonds is 5. The van der Waals surface area contributed by atoms with E-state index >= 15 is 0 Å². The zero-order valence-electron chi connectivity index (χ0n) is 12.9. The fraction of sp³-hybridized carbons (Fsp3) is 0.222. The number of nitrogens with one attached hydrogen (secondary N) is 1. The molecule has 0 atom stereocenters. The largest absolute Gasteiger partial charge is 0.361 e. The molecule has 0 aliphatic carbocycles. The minimum absolute atomic E-state index is 0.106. The maximum Gasteiger partial charge on any atom is 0.226 e. The van der Waals surface area contributed by atoms with Crippen molar-refractivity contribution in [2.24, 2.45) is 0 Å². The van der Waals surface area contributed by atoms with Gasteiger partial charge >= 0.3 is 0 Å². The van der Waals surface area contributed by atoms with Crippen molar-refractivity contribution >= 4 is 28.4 Å². The number of aromatic nitrogens is 2. The van der Waals surface area contributed by atoms with Crippen molar-refractivity contribution in [3.63, 3.8) is 0 Å². The molecule has 2 aromatic heterocycles. The summed E-state index contributed by atoms with van der Waals surface area (Å²) >= 11 is 5.98. The molecule has 23 heavy (non-hydrogen) atoms. The van der Waals surface area contributed by atoms with E-state index < -0.39 is 0 Å². The van der Waals surface area contributed by atoms with Crippen molar-refractivity contribution < 1.29 is 4.79 Å². The number of hydrogen-bond acceptors (Lipinski definition) is 2. The molecule has 0 fully saturated rings. The average Bonchev–Trinajstić information content (AvgIpc) is 2.95. The van der Waals surface area contributed by atoms with E-state index in [4.69, 9.17) is 11.6 Å². The van der Waals surface area contributed by atoms with Gasteiger partial charge in [0.2, 0.25) is 5.91 Å². The Labute approximate surface area is 140 Å². The third-order valence-electron chi connectivity index (χ3n) is 3.98. The predicted molar refractivity (Wildman–Crippen MR) is 92.6 cm³/mol. The van der Waals surface area contributed by atoms with Gasteiger partial charge in [-0.2, -0.15) is 0 Å². The van der Waals surface area contributed by atoms with Gasteiger partial charge in [-0.15, -0.1) is 0 Å². The SMILES string of the molecule is CN(CCc1ccncc1)C(=O)Cc1c[nH]c2cc(Cl)ccc12. The number of fused-ring (bicyclic) bond motifs is 1. The minimum Gasteiger partial charge on any atom is -0.361 e. The smallest absolute Gasteiger partial charge is 0.226 e. The fourth-order valence-corrected chi connectivity index (χ4v) is 2.75. The number of hydrogen-bond donors (Lipinski definition) is 1. The second kappa shape index (κ2) is 6.84. The van der Waals surface area contributed by atoms with Crippen molar-refractivity contribution in [1.82, 2.24) is 14.9 Å². The number of aromatic amines is 1. The Morgan fingerprint density at radius 1 is 1.26 bits per heavy atom. The Bertz CT molecular complexity index is 814. The highest BCUT2D eigenvalue weighted by Crippen LogP contribution is 2.22. The molecule has 0 saturated heterocycles. The third-order valence-corrected chi connectivity index (χ3v) is 4.22. The first-order valence-corrected chi connectivity index (χ1v) is 7.89. The molecule has 5 heteroatoms. The highest BCUT2D eigenvalue weighted by Gasteiger charge is 2.13. The summed E-state index contributed by atoms with van der Waals surface area (Å²) in [7, 11) is 1.84. The Balaban J connectivity index is 1.63. The zero-order chi connectivity index (χ0) is 16.2. The standard InChI is InChI=1S/C18H18ClN3O/c1-22(9-6-13-4-7-20-8-5-13)18(23)10-14-12-21-17-11-15(19)2-3-16(14)17/h2-5,7-8,11-12,21H,6,9-10H2,1H3. The molecule has 0 saturated carbocycles. The number of H-pyrrole nitrogens is 1. The molecular formula is C18H18ClN3O. The van der Waals surface area contributed by atoms with Crippen LogP contribution in [0.5, 0.6) is 0 Å². The first-order chi connectivity index (χ1) is 11.1. The highest BCUT2D eigenvalue weighted by atomic mass is 35.5. The van der Waals surface area contributed by atoms with Crippen molar-refractivity contribution in [3.8, 4) is 0 Å². The zero-order valence-corrected chi connectivity index (χ0v) is 13.7. The lowest BCUT2D eigenvalue weighted by molar-refractivity contribution is -0.129. The Morgan fingerprint density at radius 3 is 2.83 bits per heavy atom. The molecule has 0 spiro atoms. The first-order valence-electron chi connectivity index (χ1n) is 7.52.